The second kappa shape index (κ2) is 9.23. The second-order valence-corrected chi connectivity index (χ2v) is 7.84. The molecule has 4 aromatic rings. The van der Waals surface area contributed by atoms with Crippen LogP contribution in [0, 0.1) is 0 Å². The quantitative estimate of drug-likeness (QED) is 0.432. The number of nitrogens with one attached hydrogen (secondary N) is 1. The summed E-state index contributed by atoms with van der Waals surface area (Å²) in [7, 11) is 0. The van der Waals surface area contributed by atoms with Crippen molar-refractivity contribution < 1.29 is 19.1 Å². The molecule has 1 amide bonds. The molecule has 7 heteroatoms. The zero-order chi connectivity index (χ0) is 23.5. The lowest BCUT2D eigenvalue weighted by Crippen LogP contribution is -2.28. The predicted molar refractivity (Wildman–Crippen MR) is 128 cm³/mol. The number of para-hydroxylation sites is 2. The molecule has 2 aromatic carbocycles. The number of ether oxygens (including phenoxy) is 2. The highest BCUT2D eigenvalue weighted by Gasteiger charge is 2.27. The van der Waals surface area contributed by atoms with Gasteiger partial charge in [-0.15, -0.1) is 0 Å². The van der Waals surface area contributed by atoms with Crippen LogP contribution in [-0.4, -0.2) is 39.9 Å². The molecule has 34 heavy (non-hydrogen) atoms. The Morgan fingerprint density at radius 3 is 2.59 bits per heavy atom. The van der Waals surface area contributed by atoms with Crippen molar-refractivity contribution in [2.75, 3.05) is 13.2 Å². The van der Waals surface area contributed by atoms with Gasteiger partial charge in [0, 0.05) is 35.9 Å². The van der Waals surface area contributed by atoms with Crippen LogP contribution in [0.2, 0.25) is 0 Å². The van der Waals surface area contributed by atoms with Crippen molar-refractivity contribution in [3.8, 4) is 11.6 Å². The van der Waals surface area contributed by atoms with Crippen molar-refractivity contribution in [2.24, 2.45) is 0 Å². The van der Waals surface area contributed by atoms with Crippen molar-refractivity contribution in [1.29, 1.82) is 0 Å². The predicted octanol–water partition coefficient (Wildman–Crippen LogP) is 4.96. The maximum Gasteiger partial charge on any atom is 0.341 e. The zero-order valence-corrected chi connectivity index (χ0v) is 18.7. The second-order valence-electron chi connectivity index (χ2n) is 7.84. The van der Waals surface area contributed by atoms with Gasteiger partial charge in [-0.25, -0.2) is 9.78 Å². The van der Waals surface area contributed by atoms with E-state index in [1.807, 2.05) is 54.6 Å². The number of hydrogen-bond acceptors (Lipinski definition) is 5. The number of nitrogens with zero attached hydrogens (tertiary/aromatic N) is 2. The van der Waals surface area contributed by atoms with Crippen molar-refractivity contribution in [1.82, 2.24) is 14.9 Å². The van der Waals surface area contributed by atoms with Crippen LogP contribution in [0.25, 0.3) is 16.5 Å². The van der Waals surface area contributed by atoms with Crippen LogP contribution in [0.3, 0.4) is 0 Å². The molecule has 0 atom stereocenters. The average molecular weight is 453 g/mol. The van der Waals surface area contributed by atoms with Gasteiger partial charge in [0.15, 0.2) is 0 Å². The number of hydrogen-bond donors (Lipinski definition) is 1. The van der Waals surface area contributed by atoms with E-state index in [0.717, 1.165) is 16.5 Å². The van der Waals surface area contributed by atoms with Crippen LogP contribution in [0.15, 0.2) is 79.1 Å². The summed E-state index contributed by atoms with van der Waals surface area (Å²) < 4.78 is 11.0. The number of carbonyl (C=O) groups excluding carboxylic acids is 2. The Labute approximate surface area is 196 Å². The summed E-state index contributed by atoms with van der Waals surface area (Å²) in [6, 6.07) is 20.5. The molecule has 0 fully saturated rings. The van der Waals surface area contributed by atoms with Crippen molar-refractivity contribution in [3.05, 3.63) is 95.9 Å². The molecular weight excluding hydrogens is 430 g/mol. The Morgan fingerprint density at radius 1 is 1.03 bits per heavy atom. The summed E-state index contributed by atoms with van der Waals surface area (Å²) in [6.45, 7) is 2.42. The van der Waals surface area contributed by atoms with E-state index in [1.165, 1.54) is 6.20 Å². The van der Waals surface area contributed by atoms with Crippen LogP contribution in [0.4, 0.5) is 0 Å². The Balaban J connectivity index is 1.44. The van der Waals surface area contributed by atoms with Gasteiger partial charge < -0.3 is 19.4 Å². The Bertz CT molecular complexity index is 1370. The highest BCUT2D eigenvalue weighted by atomic mass is 16.5. The van der Waals surface area contributed by atoms with Gasteiger partial charge in [-0.1, -0.05) is 36.4 Å². The van der Waals surface area contributed by atoms with Crippen LogP contribution in [-0.2, 0) is 16.0 Å². The number of fused-ring (bicyclic) bond motifs is 3. The first kappa shape index (κ1) is 21.5. The van der Waals surface area contributed by atoms with Crippen molar-refractivity contribution in [3.63, 3.8) is 0 Å². The smallest absolute Gasteiger partial charge is 0.341 e. The SMILES string of the molecule is CCOC(=O)C1=CN(C(=O)c2ccc(Oc3ccccc3)nc2)CCc2c1[nH]c1ccccc21. The monoisotopic (exact) mass is 453 g/mol. The van der Waals surface area contributed by atoms with E-state index in [2.05, 4.69) is 9.97 Å². The van der Waals surface area contributed by atoms with Crippen molar-refractivity contribution >= 4 is 28.4 Å². The molecule has 1 aliphatic heterocycles. The first-order chi connectivity index (χ1) is 16.6. The fraction of sp³-hybridized carbons (Fsp3) is 0.148. The summed E-state index contributed by atoms with van der Waals surface area (Å²) >= 11 is 0. The molecule has 1 N–H and O–H groups in total. The van der Waals surface area contributed by atoms with E-state index < -0.39 is 5.97 Å². The van der Waals surface area contributed by atoms with E-state index in [-0.39, 0.29) is 12.5 Å². The molecule has 0 aliphatic carbocycles. The minimum Gasteiger partial charge on any atom is -0.462 e. The lowest BCUT2D eigenvalue weighted by atomic mass is 10.0. The summed E-state index contributed by atoms with van der Waals surface area (Å²) in [5.41, 5.74) is 3.36. The topological polar surface area (TPSA) is 84.5 Å². The number of rotatable bonds is 5. The van der Waals surface area contributed by atoms with Gasteiger partial charge in [-0.3, -0.25) is 4.79 Å². The lowest BCUT2D eigenvalue weighted by molar-refractivity contribution is -0.136. The van der Waals surface area contributed by atoms with Gasteiger partial charge in [0.05, 0.1) is 23.4 Å². The third-order valence-corrected chi connectivity index (χ3v) is 5.68. The number of pyridine rings is 1. The van der Waals surface area contributed by atoms with Gasteiger partial charge >= 0.3 is 5.97 Å². The number of carbonyl (C=O) groups is 2. The Kier molecular flexibility index (Phi) is 5.82. The van der Waals surface area contributed by atoms with E-state index in [4.69, 9.17) is 9.47 Å². The van der Waals surface area contributed by atoms with E-state index in [9.17, 15) is 9.59 Å². The van der Waals surface area contributed by atoms with Crippen molar-refractivity contribution in [2.45, 2.75) is 13.3 Å². The summed E-state index contributed by atoms with van der Waals surface area (Å²) in [5.74, 6) is 0.328. The molecule has 170 valence electrons. The summed E-state index contributed by atoms with van der Waals surface area (Å²) in [5, 5.41) is 1.03. The number of H-pyrrole nitrogens is 1. The highest BCUT2D eigenvalue weighted by molar-refractivity contribution is 6.18. The van der Waals surface area contributed by atoms with Gasteiger partial charge in [0.25, 0.3) is 5.91 Å². The zero-order valence-electron chi connectivity index (χ0n) is 18.7. The minimum absolute atomic E-state index is 0.243. The molecule has 0 unspecified atom stereocenters. The van der Waals surface area contributed by atoms with E-state index >= 15 is 0 Å². The third-order valence-electron chi connectivity index (χ3n) is 5.68. The first-order valence-corrected chi connectivity index (χ1v) is 11.1. The maximum absolute atomic E-state index is 13.3. The minimum atomic E-state index is -0.472. The van der Waals surface area contributed by atoms with Gasteiger partial charge in [0.2, 0.25) is 5.88 Å². The normalized spacial score (nSPS) is 13.1. The number of esters is 1. The van der Waals surface area contributed by atoms with Gasteiger partial charge in [-0.05, 0) is 43.2 Å². The molecule has 3 heterocycles. The Morgan fingerprint density at radius 2 is 1.82 bits per heavy atom. The van der Waals surface area contributed by atoms with Crippen LogP contribution < -0.4 is 4.74 Å². The van der Waals surface area contributed by atoms with Gasteiger partial charge in [0.1, 0.15) is 5.75 Å². The lowest BCUT2D eigenvalue weighted by Gasteiger charge is -2.18. The number of aromatic amines is 1. The fourth-order valence-electron chi connectivity index (χ4n) is 4.07. The number of benzene rings is 2. The number of aromatic nitrogens is 2. The molecule has 7 nitrogen and oxygen atoms in total. The Hall–Kier alpha value is -4.39. The molecule has 0 saturated carbocycles. The molecule has 2 aromatic heterocycles. The maximum atomic E-state index is 13.3. The molecule has 0 radical (unpaired) electrons. The first-order valence-electron chi connectivity index (χ1n) is 11.1. The molecular formula is C27H23N3O4. The van der Waals surface area contributed by atoms with E-state index in [1.54, 1.807) is 30.2 Å². The van der Waals surface area contributed by atoms with Gasteiger partial charge in [-0.2, -0.15) is 0 Å². The average Bonchev–Trinajstić information content (AvgIpc) is 3.12. The van der Waals surface area contributed by atoms with Crippen LogP contribution in [0.5, 0.6) is 11.6 Å². The molecule has 0 spiro atoms. The third kappa shape index (κ3) is 4.15. The van der Waals surface area contributed by atoms with Crippen LogP contribution in [0.1, 0.15) is 28.5 Å². The van der Waals surface area contributed by atoms with Crippen LogP contribution >= 0.6 is 0 Å². The molecule has 5 rings (SSSR count). The summed E-state index contributed by atoms with van der Waals surface area (Å²) in [6.07, 6.45) is 3.65. The van der Waals surface area contributed by atoms with E-state index in [0.29, 0.717) is 41.4 Å². The highest BCUT2D eigenvalue weighted by Crippen LogP contribution is 2.32. The summed E-state index contributed by atoms with van der Waals surface area (Å²) in [4.78, 5) is 35.3. The molecule has 0 saturated heterocycles. The number of amides is 1. The molecule has 1 aliphatic rings. The largest absolute Gasteiger partial charge is 0.462 e. The molecule has 0 bridgehead atoms. The fourth-order valence-corrected chi connectivity index (χ4v) is 4.07. The standard InChI is InChI=1S/C27H23N3O4/c1-2-33-27(32)22-17-30(15-14-21-20-10-6-7-11-23(20)29-25(21)22)26(31)18-12-13-24(28-16-18)34-19-8-4-3-5-9-19/h3-13,16-17,29H,2,14-15H2,1H3.